The molecule has 0 saturated carbocycles. The number of amides is 1. The summed E-state index contributed by atoms with van der Waals surface area (Å²) in [6.45, 7) is 0. The van der Waals surface area contributed by atoms with Gasteiger partial charge in [0.15, 0.2) is 28.1 Å². The van der Waals surface area contributed by atoms with Crippen molar-refractivity contribution in [3.05, 3.63) is 65.5 Å². The number of nitrogens with zero attached hydrogens (tertiary/aromatic N) is 2. The van der Waals surface area contributed by atoms with Crippen LogP contribution in [0.5, 0.6) is 28.7 Å². The third-order valence-corrected chi connectivity index (χ3v) is 8.78. The highest BCUT2D eigenvalue weighted by molar-refractivity contribution is 7.23. The minimum atomic E-state index is -0.0922. The SMILES string of the molecule is COc1ccc(CCC(=O)Nc2cccc(-c3csc(-c4sc(Nc5cc(OC)c(OC)c(OC)c5)nc4N)n3)c2)cc1OC. The first-order valence-electron chi connectivity index (χ1n) is 13.8. The minimum Gasteiger partial charge on any atom is -0.493 e. The average molecular weight is 648 g/mol. The van der Waals surface area contributed by atoms with Crippen molar-refractivity contribution < 1.29 is 28.5 Å². The number of nitrogens with two attached hydrogens (primary N) is 1. The zero-order valence-electron chi connectivity index (χ0n) is 25.4. The van der Waals surface area contributed by atoms with Crippen molar-refractivity contribution in [1.82, 2.24) is 9.97 Å². The van der Waals surface area contributed by atoms with Crippen LogP contribution in [0.2, 0.25) is 0 Å². The second-order valence-electron chi connectivity index (χ2n) is 9.63. The van der Waals surface area contributed by atoms with E-state index in [-0.39, 0.29) is 5.91 Å². The highest BCUT2D eigenvalue weighted by Crippen LogP contribution is 2.43. The fraction of sp³-hybridized carbons (Fsp3) is 0.219. The van der Waals surface area contributed by atoms with Crippen molar-refractivity contribution in [3.8, 4) is 49.9 Å². The van der Waals surface area contributed by atoms with E-state index in [1.165, 1.54) is 22.7 Å². The van der Waals surface area contributed by atoms with Crippen LogP contribution >= 0.6 is 22.7 Å². The Morgan fingerprint density at radius 2 is 1.56 bits per heavy atom. The number of rotatable bonds is 13. The topological polar surface area (TPSA) is 139 Å². The number of carbonyl (C=O) groups excluding carboxylic acids is 1. The number of aryl methyl sites for hydroxylation is 1. The summed E-state index contributed by atoms with van der Waals surface area (Å²) in [4.78, 5) is 22.8. The van der Waals surface area contributed by atoms with Gasteiger partial charge >= 0.3 is 0 Å². The summed E-state index contributed by atoms with van der Waals surface area (Å²) >= 11 is 2.86. The van der Waals surface area contributed by atoms with Crippen LogP contribution in [-0.4, -0.2) is 51.4 Å². The Balaban J connectivity index is 1.26. The standard InChI is InChI=1S/C32H33N5O6S2/c1-39-23-11-9-18(13-24(23)40-2)10-12-27(38)34-20-8-6-7-19(14-20)22-17-44-31(36-22)29-30(33)37-32(45-29)35-21-15-25(41-3)28(43-5)26(16-21)42-4/h6-9,11,13-17H,10,12,33H2,1-5H3,(H,34,38)(H,35,37). The molecule has 0 aliphatic heterocycles. The highest BCUT2D eigenvalue weighted by Gasteiger charge is 2.18. The van der Waals surface area contributed by atoms with E-state index < -0.39 is 0 Å². The van der Waals surface area contributed by atoms with E-state index in [0.717, 1.165) is 26.7 Å². The Kier molecular flexibility index (Phi) is 9.90. The molecule has 4 N–H and O–H groups in total. The van der Waals surface area contributed by atoms with E-state index in [9.17, 15) is 4.79 Å². The number of aromatic nitrogens is 2. The molecule has 0 fully saturated rings. The quantitative estimate of drug-likeness (QED) is 0.124. The van der Waals surface area contributed by atoms with Gasteiger partial charge < -0.3 is 40.1 Å². The number of benzene rings is 3. The molecule has 1 amide bonds. The molecule has 3 aromatic carbocycles. The van der Waals surface area contributed by atoms with Crippen molar-refractivity contribution in [2.75, 3.05) is 51.9 Å². The van der Waals surface area contributed by atoms with Crippen LogP contribution in [0.1, 0.15) is 12.0 Å². The van der Waals surface area contributed by atoms with Crippen LogP contribution in [0.3, 0.4) is 0 Å². The zero-order chi connectivity index (χ0) is 31.9. The number of nitrogen functional groups attached to an aromatic ring is 1. The van der Waals surface area contributed by atoms with Gasteiger partial charge in [-0.1, -0.05) is 29.5 Å². The van der Waals surface area contributed by atoms with Crippen molar-refractivity contribution in [3.63, 3.8) is 0 Å². The molecule has 234 valence electrons. The number of carbonyl (C=O) groups is 1. The fourth-order valence-corrected chi connectivity index (χ4v) is 6.43. The predicted octanol–water partition coefficient (Wildman–Crippen LogP) is 6.87. The first-order chi connectivity index (χ1) is 21.8. The molecule has 0 aliphatic rings. The number of methoxy groups -OCH3 is 5. The minimum absolute atomic E-state index is 0.0922. The molecule has 0 spiro atoms. The molecule has 5 aromatic rings. The van der Waals surface area contributed by atoms with E-state index >= 15 is 0 Å². The number of thiazole rings is 2. The molecule has 0 saturated heterocycles. The van der Waals surface area contributed by atoms with Crippen molar-refractivity contribution in [1.29, 1.82) is 0 Å². The largest absolute Gasteiger partial charge is 0.493 e. The van der Waals surface area contributed by atoms with E-state index in [2.05, 4.69) is 15.6 Å². The molecule has 0 unspecified atom stereocenters. The van der Waals surface area contributed by atoms with Gasteiger partial charge in [-0.05, 0) is 36.2 Å². The lowest BCUT2D eigenvalue weighted by Crippen LogP contribution is -2.12. The summed E-state index contributed by atoms with van der Waals surface area (Å²) in [5, 5.41) is 9.54. The summed E-state index contributed by atoms with van der Waals surface area (Å²) in [7, 11) is 7.86. The van der Waals surface area contributed by atoms with Gasteiger partial charge in [-0.3, -0.25) is 4.79 Å². The van der Waals surface area contributed by atoms with Crippen LogP contribution in [-0.2, 0) is 11.2 Å². The van der Waals surface area contributed by atoms with Crippen LogP contribution in [0, 0.1) is 0 Å². The molecule has 0 radical (unpaired) electrons. The van der Waals surface area contributed by atoms with E-state index in [1.807, 2.05) is 47.8 Å². The van der Waals surface area contributed by atoms with Gasteiger partial charge in [0.1, 0.15) is 15.7 Å². The van der Waals surface area contributed by atoms with Crippen molar-refractivity contribution >= 4 is 50.9 Å². The number of ether oxygens (including phenoxy) is 5. The molecule has 2 heterocycles. The van der Waals surface area contributed by atoms with Crippen LogP contribution < -0.4 is 40.1 Å². The zero-order valence-corrected chi connectivity index (χ0v) is 27.1. The van der Waals surface area contributed by atoms with Crippen LogP contribution in [0.25, 0.3) is 21.1 Å². The molecule has 0 atom stereocenters. The molecule has 13 heteroatoms. The van der Waals surface area contributed by atoms with Crippen LogP contribution in [0.4, 0.5) is 22.3 Å². The lowest BCUT2D eigenvalue weighted by Gasteiger charge is -2.14. The van der Waals surface area contributed by atoms with Crippen molar-refractivity contribution in [2.24, 2.45) is 0 Å². The molecule has 2 aromatic heterocycles. The van der Waals surface area contributed by atoms with Gasteiger partial charge in [-0.15, -0.1) is 11.3 Å². The fourth-order valence-electron chi connectivity index (χ4n) is 4.60. The van der Waals surface area contributed by atoms with E-state index in [0.29, 0.717) is 63.9 Å². The van der Waals surface area contributed by atoms with Crippen LogP contribution in [0.15, 0.2) is 60.0 Å². The second-order valence-corrected chi connectivity index (χ2v) is 11.5. The number of hydrogen-bond donors (Lipinski definition) is 3. The van der Waals surface area contributed by atoms with Gasteiger partial charge in [-0.25, -0.2) is 9.97 Å². The predicted molar refractivity (Wildman–Crippen MR) is 179 cm³/mol. The summed E-state index contributed by atoms with van der Waals surface area (Å²) in [6.07, 6.45) is 0.881. The van der Waals surface area contributed by atoms with E-state index in [4.69, 9.17) is 34.4 Å². The number of anilines is 4. The first kappa shape index (κ1) is 31.4. The first-order valence-corrected chi connectivity index (χ1v) is 15.5. The molecular weight excluding hydrogens is 615 g/mol. The molecule has 5 rings (SSSR count). The maximum atomic E-state index is 12.7. The third-order valence-electron chi connectivity index (χ3n) is 6.80. The Hall–Kier alpha value is -5.01. The monoisotopic (exact) mass is 647 g/mol. The molecule has 11 nitrogen and oxygen atoms in total. The smallest absolute Gasteiger partial charge is 0.224 e. The summed E-state index contributed by atoms with van der Waals surface area (Å²) in [6, 6.07) is 16.8. The molecule has 0 aliphatic carbocycles. The maximum Gasteiger partial charge on any atom is 0.224 e. The van der Waals surface area contributed by atoms with E-state index in [1.54, 1.807) is 47.7 Å². The Morgan fingerprint density at radius 1 is 0.822 bits per heavy atom. The normalized spacial score (nSPS) is 10.7. The second kappa shape index (κ2) is 14.2. The van der Waals surface area contributed by atoms with Gasteiger partial charge in [0.05, 0.1) is 41.2 Å². The Morgan fingerprint density at radius 3 is 2.24 bits per heavy atom. The Labute approximate surface area is 268 Å². The molecular formula is C32H33N5O6S2. The number of nitrogens with one attached hydrogen (secondary N) is 2. The van der Waals surface area contributed by atoms with Gasteiger partial charge in [0, 0.05) is 40.9 Å². The lowest BCUT2D eigenvalue weighted by atomic mass is 10.1. The maximum absolute atomic E-state index is 12.7. The summed E-state index contributed by atoms with van der Waals surface area (Å²) in [5.41, 5.74) is 10.3. The average Bonchev–Trinajstić information content (AvgIpc) is 3.69. The Bertz CT molecular complexity index is 1780. The summed E-state index contributed by atoms with van der Waals surface area (Å²) < 4.78 is 27.0. The third kappa shape index (κ3) is 7.21. The molecule has 0 bridgehead atoms. The van der Waals surface area contributed by atoms with Gasteiger partial charge in [0.25, 0.3) is 0 Å². The lowest BCUT2D eigenvalue weighted by molar-refractivity contribution is -0.116. The summed E-state index contributed by atoms with van der Waals surface area (Å²) in [5.74, 6) is 3.10. The number of hydrogen-bond acceptors (Lipinski definition) is 12. The highest BCUT2D eigenvalue weighted by atomic mass is 32.1. The van der Waals surface area contributed by atoms with Crippen molar-refractivity contribution in [2.45, 2.75) is 12.8 Å². The van der Waals surface area contributed by atoms with Gasteiger partial charge in [0.2, 0.25) is 11.7 Å². The molecule has 45 heavy (non-hydrogen) atoms. The van der Waals surface area contributed by atoms with Gasteiger partial charge in [-0.2, -0.15) is 0 Å².